The molecule has 1 aliphatic heterocycles. The molecule has 1 atom stereocenters. The minimum atomic E-state index is -0.401. The molecule has 5 heteroatoms. The number of halogens is 2. The van der Waals surface area contributed by atoms with E-state index in [9.17, 15) is 13.6 Å². The summed E-state index contributed by atoms with van der Waals surface area (Å²) in [5, 5.41) is -0.0770. The molecule has 2 fully saturated rings. The van der Waals surface area contributed by atoms with Crippen molar-refractivity contribution in [3.8, 4) is 0 Å². The molecule has 1 aromatic carbocycles. The van der Waals surface area contributed by atoms with Crippen LogP contribution in [0.1, 0.15) is 62.2 Å². The number of thioether (sulfide) groups is 1. The molecule has 2 nitrogen and oxygen atoms in total. The van der Waals surface area contributed by atoms with E-state index in [1.807, 2.05) is 4.90 Å². The van der Waals surface area contributed by atoms with E-state index in [0.717, 1.165) is 18.2 Å². The van der Waals surface area contributed by atoms with Crippen molar-refractivity contribution in [2.75, 3.05) is 18.8 Å². The Morgan fingerprint density at radius 2 is 1.92 bits per heavy atom. The average molecular weight is 368 g/mol. The SMILES string of the molecule is O=C(CCC1CCCCC1)N1CCSC(c2cc(F)ccc2F)CC1. The Morgan fingerprint density at radius 3 is 2.72 bits per heavy atom. The average Bonchev–Trinajstić information content (AvgIpc) is 2.89. The third-order valence-electron chi connectivity index (χ3n) is 5.49. The van der Waals surface area contributed by atoms with Crippen LogP contribution in [0.3, 0.4) is 0 Å². The first-order valence-corrected chi connectivity index (χ1v) is 10.5. The summed E-state index contributed by atoms with van der Waals surface area (Å²) >= 11 is 1.63. The molecule has 1 aromatic rings. The van der Waals surface area contributed by atoms with Crippen LogP contribution >= 0.6 is 11.8 Å². The molecule has 0 aromatic heterocycles. The van der Waals surface area contributed by atoms with Crippen molar-refractivity contribution in [1.82, 2.24) is 4.90 Å². The molecule has 2 aliphatic rings. The number of carbonyl (C=O) groups excluding carboxylic acids is 1. The van der Waals surface area contributed by atoms with Gasteiger partial charge in [0.25, 0.3) is 0 Å². The summed E-state index contributed by atoms with van der Waals surface area (Å²) in [6, 6.07) is 3.65. The maximum absolute atomic E-state index is 14.0. The Bertz CT molecular complexity index is 589. The molecule has 0 radical (unpaired) electrons. The van der Waals surface area contributed by atoms with Gasteiger partial charge in [0.2, 0.25) is 5.91 Å². The maximum atomic E-state index is 14.0. The predicted molar refractivity (Wildman–Crippen MR) is 98.6 cm³/mol. The molecule has 1 unspecified atom stereocenters. The third kappa shape index (κ3) is 5.19. The Kier molecular flexibility index (Phi) is 6.74. The van der Waals surface area contributed by atoms with Gasteiger partial charge in [-0.05, 0) is 37.0 Å². The Labute approximate surface area is 153 Å². The van der Waals surface area contributed by atoms with Crippen molar-refractivity contribution in [3.63, 3.8) is 0 Å². The molecule has 0 spiro atoms. The molecule has 25 heavy (non-hydrogen) atoms. The van der Waals surface area contributed by atoms with Crippen LogP contribution in [0.2, 0.25) is 0 Å². The highest BCUT2D eigenvalue weighted by atomic mass is 32.2. The van der Waals surface area contributed by atoms with Gasteiger partial charge < -0.3 is 4.90 Å². The van der Waals surface area contributed by atoms with Crippen LogP contribution in [0, 0.1) is 17.6 Å². The number of rotatable bonds is 4. The van der Waals surface area contributed by atoms with Crippen LogP contribution in [-0.2, 0) is 4.79 Å². The van der Waals surface area contributed by atoms with Crippen molar-refractivity contribution >= 4 is 17.7 Å². The highest BCUT2D eigenvalue weighted by Crippen LogP contribution is 2.36. The van der Waals surface area contributed by atoms with Crippen molar-refractivity contribution in [3.05, 3.63) is 35.4 Å². The Hall–Kier alpha value is -1.10. The number of nitrogens with zero attached hydrogens (tertiary/aromatic N) is 1. The highest BCUT2D eigenvalue weighted by Gasteiger charge is 2.25. The highest BCUT2D eigenvalue weighted by molar-refractivity contribution is 7.99. The lowest BCUT2D eigenvalue weighted by molar-refractivity contribution is -0.131. The first kappa shape index (κ1) is 18.7. The summed E-state index contributed by atoms with van der Waals surface area (Å²) in [6.07, 6.45) is 8.80. The van der Waals surface area contributed by atoms with E-state index >= 15 is 0 Å². The molecule has 1 saturated carbocycles. The van der Waals surface area contributed by atoms with Crippen LogP contribution in [0.4, 0.5) is 8.78 Å². The molecular formula is C20H27F2NOS. The van der Waals surface area contributed by atoms with Gasteiger partial charge in [-0.1, -0.05) is 32.1 Å². The van der Waals surface area contributed by atoms with E-state index in [2.05, 4.69) is 0 Å². The van der Waals surface area contributed by atoms with E-state index < -0.39 is 5.82 Å². The van der Waals surface area contributed by atoms with Gasteiger partial charge in [0, 0.05) is 36.1 Å². The largest absolute Gasteiger partial charge is 0.342 e. The number of benzene rings is 1. The van der Waals surface area contributed by atoms with Crippen LogP contribution in [-0.4, -0.2) is 29.6 Å². The molecule has 1 amide bonds. The smallest absolute Gasteiger partial charge is 0.222 e. The van der Waals surface area contributed by atoms with Crippen LogP contribution in [0.5, 0.6) is 0 Å². The second-order valence-corrected chi connectivity index (χ2v) is 8.55. The fraction of sp³-hybridized carbons (Fsp3) is 0.650. The minimum absolute atomic E-state index is 0.0770. The molecule has 0 bridgehead atoms. The Morgan fingerprint density at radius 1 is 1.12 bits per heavy atom. The van der Waals surface area contributed by atoms with Crippen LogP contribution in [0.25, 0.3) is 0 Å². The van der Waals surface area contributed by atoms with E-state index in [1.165, 1.54) is 44.2 Å². The van der Waals surface area contributed by atoms with Crippen molar-refractivity contribution < 1.29 is 13.6 Å². The normalized spacial score (nSPS) is 22.6. The van der Waals surface area contributed by atoms with Crippen molar-refractivity contribution in [2.45, 2.75) is 56.6 Å². The van der Waals surface area contributed by atoms with E-state index in [1.54, 1.807) is 11.8 Å². The van der Waals surface area contributed by atoms with Gasteiger partial charge in [0.05, 0.1) is 0 Å². The molecule has 1 saturated heterocycles. The summed E-state index contributed by atoms with van der Waals surface area (Å²) in [5.74, 6) is 0.966. The van der Waals surface area contributed by atoms with Crippen molar-refractivity contribution in [1.29, 1.82) is 0 Å². The lowest BCUT2D eigenvalue weighted by Crippen LogP contribution is -2.33. The summed E-state index contributed by atoms with van der Waals surface area (Å²) in [4.78, 5) is 14.5. The zero-order chi connectivity index (χ0) is 17.6. The van der Waals surface area contributed by atoms with Crippen LogP contribution in [0.15, 0.2) is 18.2 Å². The number of hydrogen-bond donors (Lipinski definition) is 0. The summed E-state index contributed by atoms with van der Waals surface area (Å²) in [5.41, 5.74) is 0.432. The van der Waals surface area contributed by atoms with Gasteiger partial charge in [-0.3, -0.25) is 4.79 Å². The van der Waals surface area contributed by atoms with Gasteiger partial charge >= 0.3 is 0 Å². The monoisotopic (exact) mass is 367 g/mol. The number of amides is 1. The molecule has 138 valence electrons. The molecular weight excluding hydrogens is 340 g/mol. The Balaban J connectivity index is 1.52. The second-order valence-electron chi connectivity index (χ2n) is 7.24. The van der Waals surface area contributed by atoms with Gasteiger partial charge in [-0.15, -0.1) is 0 Å². The lowest BCUT2D eigenvalue weighted by Gasteiger charge is -2.24. The van der Waals surface area contributed by atoms with Gasteiger partial charge in [0.1, 0.15) is 11.6 Å². The van der Waals surface area contributed by atoms with Gasteiger partial charge in [0.15, 0.2) is 0 Å². The van der Waals surface area contributed by atoms with E-state index in [0.29, 0.717) is 37.4 Å². The molecule has 1 aliphatic carbocycles. The standard InChI is InChI=1S/C20H27F2NOS/c21-16-7-8-18(22)17(14-16)19-10-11-23(12-13-25-19)20(24)9-6-15-4-2-1-3-5-15/h7-8,14-15,19H,1-6,9-13H2. The van der Waals surface area contributed by atoms with Gasteiger partial charge in [-0.25, -0.2) is 8.78 Å². The predicted octanol–water partition coefficient (Wildman–Crippen LogP) is 5.33. The zero-order valence-electron chi connectivity index (χ0n) is 14.7. The maximum Gasteiger partial charge on any atom is 0.222 e. The van der Waals surface area contributed by atoms with Crippen LogP contribution < -0.4 is 0 Å². The molecule has 0 N–H and O–H groups in total. The molecule has 1 heterocycles. The van der Waals surface area contributed by atoms with E-state index in [4.69, 9.17) is 0 Å². The van der Waals surface area contributed by atoms with Gasteiger partial charge in [-0.2, -0.15) is 11.8 Å². The first-order chi connectivity index (χ1) is 12.1. The second kappa shape index (κ2) is 9.02. The fourth-order valence-corrected chi connectivity index (χ4v) is 5.23. The van der Waals surface area contributed by atoms with Crippen molar-refractivity contribution in [2.24, 2.45) is 5.92 Å². The summed E-state index contributed by atoms with van der Waals surface area (Å²) < 4.78 is 27.5. The zero-order valence-corrected chi connectivity index (χ0v) is 15.5. The number of carbonyl (C=O) groups is 1. The summed E-state index contributed by atoms with van der Waals surface area (Å²) in [7, 11) is 0. The van der Waals surface area contributed by atoms with E-state index in [-0.39, 0.29) is 17.0 Å². The molecule has 3 rings (SSSR count). The quantitative estimate of drug-likeness (QED) is 0.717. The topological polar surface area (TPSA) is 20.3 Å². The lowest BCUT2D eigenvalue weighted by atomic mass is 9.86. The first-order valence-electron chi connectivity index (χ1n) is 9.48. The third-order valence-corrected chi connectivity index (χ3v) is 6.80. The number of hydrogen-bond acceptors (Lipinski definition) is 2. The fourth-order valence-electron chi connectivity index (χ4n) is 3.99. The summed E-state index contributed by atoms with van der Waals surface area (Å²) in [6.45, 7) is 1.35. The minimum Gasteiger partial charge on any atom is -0.342 e.